The first-order valence-corrected chi connectivity index (χ1v) is 7.22. The van der Waals surface area contributed by atoms with Crippen molar-refractivity contribution in [2.75, 3.05) is 6.54 Å². The summed E-state index contributed by atoms with van der Waals surface area (Å²) in [5.41, 5.74) is 0.166. The summed E-state index contributed by atoms with van der Waals surface area (Å²) in [7, 11) is 0. The van der Waals surface area contributed by atoms with Crippen molar-refractivity contribution in [2.45, 2.75) is 44.1 Å². The Hall–Kier alpha value is -2.10. The van der Waals surface area contributed by atoms with Crippen molar-refractivity contribution in [1.82, 2.24) is 4.90 Å². The van der Waals surface area contributed by atoms with Gasteiger partial charge in [0.1, 0.15) is 17.5 Å². The molecule has 0 radical (unpaired) electrons. The van der Waals surface area contributed by atoms with Gasteiger partial charge >= 0.3 is 0 Å². The Morgan fingerprint density at radius 1 is 1.41 bits per heavy atom. The fourth-order valence-corrected chi connectivity index (χ4v) is 3.16. The van der Waals surface area contributed by atoms with Crippen molar-refractivity contribution in [3.63, 3.8) is 0 Å². The van der Waals surface area contributed by atoms with Crippen LogP contribution in [0, 0.1) is 11.3 Å². The first-order valence-electron chi connectivity index (χ1n) is 7.22. The normalized spacial score (nSPS) is 29.7. The van der Waals surface area contributed by atoms with E-state index in [0.29, 0.717) is 16.9 Å². The average Bonchev–Trinajstić information content (AvgIpc) is 2.78. The van der Waals surface area contributed by atoms with Crippen LogP contribution in [0.2, 0.25) is 0 Å². The van der Waals surface area contributed by atoms with Crippen LogP contribution in [0.5, 0.6) is 5.75 Å². The van der Waals surface area contributed by atoms with Crippen molar-refractivity contribution in [3.05, 3.63) is 29.3 Å². The van der Waals surface area contributed by atoms with Gasteiger partial charge in [-0.3, -0.25) is 4.79 Å². The van der Waals surface area contributed by atoms with Crippen LogP contribution in [0.15, 0.2) is 18.2 Å². The molecule has 0 aromatic heterocycles. The number of carbonyl (C=O) groups is 1. The van der Waals surface area contributed by atoms with Crippen LogP contribution in [0.4, 0.5) is 0 Å². The van der Waals surface area contributed by atoms with Gasteiger partial charge in [0, 0.05) is 12.1 Å². The molecular weight excluding hydrogens is 284 g/mol. The third-order valence-electron chi connectivity index (χ3n) is 4.32. The van der Waals surface area contributed by atoms with Crippen molar-refractivity contribution in [3.8, 4) is 11.8 Å². The van der Waals surface area contributed by atoms with E-state index in [4.69, 9.17) is 10.00 Å². The molecule has 1 amide bonds. The number of likely N-dealkylation sites (tertiary alicyclic amines) is 1. The van der Waals surface area contributed by atoms with Crippen molar-refractivity contribution >= 4 is 5.91 Å². The maximum Gasteiger partial charge on any atom is 0.225 e. The molecule has 1 unspecified atom stereocenters. The molecule has 1 fully saturated rings. The molecule has 0 spiro atoms. The number of aliphatic hydroxyl groups excluding tert-OH is 2. The Bertz CT molecular complexity index is 665. The Morgan fingerprint density at radius 2 is 2.14 bits per heavy atom. The zero-order chi connectivity index (χ0) is 16.1. The SMILES string of the molecule is CC1(C)Oc2ccc(C#N)cc2[C@@H](N2CC(O)CC2=O)[C@@H]1O. The standard InChI is InChI=1S/C16H18N2O4/c1-16(2)15(21)14(18-8-10(19)6-13(18)20)11-5-9(7-17)3-4-12(11)22-16/h3-5,10,14-15,19,21H,6,8H2,1-2H3/t10?,14-,15+/m1/s1. The minimum absolute atomic E-state index is 0.0534. The van der Waals surface area contributed by atoms with Gasteiger partial charge < -0.3 is 19.8 Å². The van der Waals surface area contributed by atoms with Crippen LogP contribution in [0.25, 0.3) is 0 Å². The summed E-state index contributed by atoms with van der Waals surface area (Å²) < 4.78 is 5.82. The number of carbonyl (C=O) groups excluding carboxylic acids is 1. The number of hydrogen-bond donors (Lipinski definition) is 2. The maximum atomic E-state index is 12.2. The van der Waals surface area contributed by atoms with Gasteiger partial charge in [-0.1, -0.05) is 0 Å². The number of benzene rings is 1. The van der Waals surface area contributed by atoms with Crippen LogP contribution in [0.1, 0.15) is 37.4 Å². The predicted molar refractivity (Wildman–Crippen MR) is 76.9 cm³/mol. The summed E-state index contributed by atoms with van der Waals surface area (Å²) in [5.74, 6) is 0.344. The molecule has 2 aliphatic heterocycles. The van der Waals surface area contributed by atoms with Crippen molar-refractivity contribution in [2.24, 2.45) is 0 Å². The van der Waals surface area contributed by atoms with Gasteiger partial charge in [0.25, 0.3) is 0 Å². The number of rotatable bonds is 1. The Balaban J connectivity index is 2.11. The van der Waals surface area contributed by atoms with Gasteiger partial charge in [0.15, 0.2) is 0 Å². The topological polar surface area (TPSA) is 93.8 Å². The van der Waals surface area contributed by atoms with Gasteiger partial charge in [-0.25, -0.2) is 0 Å². The molecular formula is C16H18N2O4. The van der Waals surface area contributed by atoms with Crippen LogP contribution in [-0.4, -0.2) is 45.4 Å². The molecule has 22 heavy (non-hydrogen) atoms. The predicted octanol–water partition coefficient (Wildman–Crippen LogP) is 0.724. The molecule has 1 aromatic carbocycles. The molecule has 1 aromatic rings. The zero-order valence-corrected chi connectivity index (χ0v) is 12.5. The highest BCUT2D eigenvalue weighted by atomic mass is 16.5. The lowest BCUT2D eigenvalue weighted by atomic mass is 9.85. The van der Waals surface area contributed by atoms with E-state index in [1.807, 2.05) is 0 Å². The van der Waals surface area contributed by atoms with E-state index in [2.05, 4.69) is 6.07 Å². The van der Waals surface area contributed by atoms with E-state index in [1.54, 1.807) is 32.0 Å². The number of amides is 1. The first-order chi connectivity index (χ1) is 10.3. The van der Waals surface area contributed by atoms with Gasteiger partial charge in [-0.05, 0) is 32.0 Å². The van der Waals surface area contributed by atoms with Gasteiger partial charge in [0.2, 0.25) is 5.91 Å². The number of ether oxygens (including phenoxy) is 1. The second-order valence-electron chi connectivity index (χ2n) is 6.36. The number of β-amino-alcohol motifs (C(OH)–C–C–N with tert-alkyl or cyclic N) is 1. The summed E-state index contributed by atoms with van der Waals surface area (Å²) in [4.78, 5) is 13.6. The minimum atomic E-state index is -0.955. The van der Waals surface area contributed by atoms with E-state index in [0.717, 1.165) is 0 Å². The second-order valence-corrected chi connectivity index (χ2v) is 6.36. The highest BCUT2D eigenvalue weighted by Crippen LogP contribution is 2.44. The van der Waals surface area contributed by atoms with E-state index in [1.165, 1.54) is 4.90 Å². The summed E-state index contributed by atoms with van der Waals surface area (Å²) in [5, 5.41) is 29.5. The lowest BCUT2D eigenvalue weighted by molar-refractivity contribution is -0.139. The summed E-state index contributed by atoms with van der Waals surface area (Å²) in [6.45, 7) is 3.68. The molecule has 1 saturated heterocycles. The Morgan fingerprint density at radius 3 is 2.73 bits per heavy atom. The van der Waals surface area contributed by atoms with Crippen molar-refractivity contribution < 1.29 is 19.7 Å². The maximum absolute atomic E-state index is 12.2. The highest BCUT2D eigenvalue weighted by Gasteiger charge is 2.48. The Labute approximate surface area is 128 Å². The quantitative estimate of drug-likeness (QED) is 0.797. The van der Waals surface area contributed by atoms with Gasteiger partial charge in [0.05, 0.1) is 30.2 Å². The minimum Gasteiger partial charge on any atom is -0.485 e. The van der Waals surface area contributed by atoms with Gasteiger partial charge in [-0.2, -0.15) is 5.26 Å². The van der Waals surface area contributed by atoms with Crippen LogP contribution >= 0.6 is 0 Å². The number of hydrogen-bond acceptors (Lipinski definition) is 5. The number of fused-ring (bicyclic) bond motifs is 1. The second kappa shape index (κ2) is 4.97. The molecule has 6 nitrogen and oxygen atoms in total. The van der Waals surface area contributed by atoms with E-state index in [9.17, 15) is 15.0 Å². The molecule has 2 heterocycles. The van der Waals surface area contributed by atoms with E-state index < -0.39 is 23.9 Å². The molecule has 2 aliphatic rings. The molecule has 0 aliphatic carbocycles. The summed E-state index contributed by atoms with van der Waals surface area (Å²) in [6, 6.07) is 6.39. The summed E-state index contributed by atoms with van der Waals surface area (Å²) >= 11 is 0. The first kappa shape index (κ1) is 14.8. The lowest BCUT2D eigenvalue weighted by Crippen LogP contribution is -2.54. The molecule has 3 rings (SSSR count). The molecule has 3 atom stereocenters. The van der Waals surface area contributed by atoms with Crippen molar-refractivity contribution in [1.29, 1.82) is 5.26 Å². The van der Waals surface area contributed by atoms with Crippen LogP contribution in [0.3, 0.4) is 0 Å². The smallest absolute Gasteiger partial charge is 0.225 e. The zero-order valence-electron chi connectivity index (χ0n) is 12.5. The third kappa shape index (κ3) is 2.23. The van der Waals surface area contributed by atoms with E-state index in [-0.39, 0.29) is 18.9 Å². The molecule has 116 valence electrons. The van der Waals surface area contributed by atoms with E-state index >= 15 is 0 Å². The third-order valence-corrected chi connectivity index (χ3v) is 4.32. The number of nitriles is 1. The Kier molecular flexibility index (Phi) is 3.35. The molecule has 6 heteroatoms. The number of nitrogens with zero attached hydrogens (tertiary/aromatic N) is 2. The van der Waals surface area contributed by atoms with Crippen LogP contribution < -0.4 is 4.74 Å². The van der Waals surface area contributed by atoms with Crippen LogP contribution in [-0.2, 0) is 4.79 Å². The lowest BCUT2D eigenvalue weighted by Gasteiger charge is -2.45. The highest BCUT2D eigenvalue weighted by molar-refractivity contribution is 5.80. The monoisotopic (exact) mass is 302 g/mol. The fraction of sp³-hybridized carbons (Fsp3) is 0.500. The molecule has 2 N–H and O–H groups in total. The summed E-state index contributed by atoms with van der Waals surface area (Å²) in [6.07, 6.45) is -1.63. The average molecular weight is 302 g/mol. The van der Waals surface area contributed by atoms with Gasteiger partial charge in [-0.15, -0.1) is 0 Å². The molecule has 0 bridgehead atoms. The fourth-order valence-electron chi connectivity index (χ4n) is 3.16. The number of aliphatic hydroxyl groups is 2. The largest absolute Gasteiger partial charge is 0.485 e. The molecule has 0 saturated carbocycles.